The van der Waals surface area contributed by atoms with E-state index in [0.29, 0.717) is 25.9 Å². The summed E-state index contributed by atoms with van der Waals surface area (Å²) in [7, 11) is 0. The average molecular weight is 381 g/mol. The number of benzene rings is 2. The van der Waals surface area contributed by atoms with E-state index in [1.54, 1.807) is 11.0 Å². The van der Waals surface area contributed by atoms with Crippen molar-refractivity contribution < 1.29 is 19.2 Å². The molecular weight excluding hydrogens is 362 g/mol. The van der Waals surface area contributed by atoms with Gasteiger partial charge in [-0.3, -0.25) is 19.7 Å². The number of rotatable bonds is 4. The number of anilines is 1. The molecule has 28 heavy (non-hydrogen) atoms. The summed E-state index contributed by atoms with van der Waals surface area (Å²) in [6, 6.07) is 13.4. The molecular formula is C20H19N3O5. The van der Waals surface area contributed by atoms with Crippen molar-refractivity contribution in [3.63, 3.8) is 0 Å². The van der Waals surface area contributed by atoms with Crippen LogP contribution < -0.4 is 10.1 Å². The second-order valence-electron chi connectivity index (χ2n) is 7.01. The Hall–Kier alpha value is -3.42. The van der Waals surface area contributed by atoms with Crippen molar-refractivity contribution >= 4 is 23.2 Å². The summed E-state index contributed by atoms with van der Waals surface area (Å²) in [5.74, 6) is 0.0711. The molecule has 0 aliphatic carbocycles. The van der Waals surface area contributed by atoms with Crippen LogP contribution in [0.25, 0.3) is 0 Å². The zero-order valence-corrected chi connectivity index (χ0v) is 15.1. The van der Waals surface area contributed by atoms with Crippen LogP contribution >= 0.6 is 0 Å². The number of piperidine rings is 1. The Morgan fingerprint density at radius 1 is 1.18 bits per heavy atom. The van der Waals surface area contributed by atoms with E-state index in [1.807, 2.05) is 24.3 Å². The quantitative estimate of drug-likeness (QED) is 0.648. The molecule has 4 rings (SSSR count). The normalized spacial score (nSPS) is 17.1. The van der Waals surface area contributed by atoms with Crippen LogP contribution in [0.5, 0.6) is 5.75 Å². The maximum Gasteiger partial charge on any atom is 0.273 e. The molecule has 2 heterocycles. The predicted octanol–water partition coefficient (Wildman–Crippen LogP) is 2.49. The van der Waals surface area contributed by atoms with Crippen LogP contribution in [-0.4, -0.2) is 41.3 Å². The highest BCUT2D eigenvalue weighted by atomic mass is 16.6. The number of fused-ring (bicyclic) bond motifs is 2. The monoisotopic (exact) mass is 381 g/mol. The highest BCUT2D eigenvalue weighted by molar-refractivity contribution is 6.06. The van der Waals surface area contributed by atoms with Gasteiger partial charge in [-0.1, -0.05) is 24.3 Å². The highest BCUT2D eigenvalue weighted by Gasteiger charge is 2.48. The van der Waals surface area contributed by atoms with Gasteiger partial charge in [-0.05, 0) is 30.5 Å². The van der Waals surface area contributed by atoms with E-state index < -0.39 is 10.3 Å². The van der Waals surface area contributed by atoms with Crippen molar-refractivity contribution in [1.29, 1.82) is 0 Å². The molecule has 2 aromatic carbocycles. The minimum absolute atomic E-state index is 0.00589. The second-order valence-corrected chi connectivity index (χ2v) is 7.01. The molecule has 0 saturated carbocycles. The molecule has 1 spiro atoms. The fourth-order valence-corrected chi connectivity index (χ4v) is 3.93. The second kappa shape index (κ2) is 6.95. The van der Waals surface area contributed by atoms with Gasteiger partial charge in [0, 0.05) is 24.8 Å². The van der Waals surface area contributed by atoms with Crippen LogP contribution in [0.3, 0.4) is 0 Å². The van der Waals surface area contributed by atoms with Crippen molar-refractivity contribution in [2.45, 2.75) is 18.3 Å². The van der Waals surface area contributed by atoms with E-state index in [-0.39, 0.29) is 29.9 Å². The van der Waals surface area contributed by atoms with Gasteiger partial charge in [0.1, 0.15) is 5.75 Å². The van der Waals surface area contributed by atoms with Gasteiger partial charge in [0.05, 0.1) is 16.4 Å². The Kier molecular flexibility index (Phi) is 4.46. The van der Waals surface area contributed by atoms with E-state index in [0.717, 1.165) is 11.3 Å². The van der Waals surface area contributed by atoms with Crippen molar-refractivity contribution in [2.75, 3.05) is 25.0 Å². The number of carbonyl (C=O) groups is 2. The number of hydrogen-bond acceptors (Lipinski definition) is 5. The van der Waals surface area contributed by atoms with Crippen LogP contribution in [0.15, 0.2) is 48.5 Å². The molecule has 2 aliphatic rings. The van der Waals surface area contributed by atoms with E-state index in [2.05, 4.69) is 5.32 Å². The van der Waals surface area contributed by atoms with Gasteiger partial charge >= 0.3 is 0 Å². The largest absolute Gasteiger partial charge is 0.484 e. The fraction of sp³-hybridized carbons (Fsp3) is 0.300. The molecule has 2 aliphatic heterocycles. The van der Waals surface area contributed by atoms with Crippen molar-refractivity contribution in [1.82, 2.24) is 4.90 Å². The zero-order valence-electron chi connectivity index (χ0n) is 15.1. The molecule has 2 amide bonds. The van der Waals surface area contributed by atoms with E-state index in [4.69, 9.17) is 4.74 Å². The van der Waals surface area contributed by atoms with E-state index >= 15 is 0 Å². The summed E-state index contributed by atoms with van der Waals surface area (Å²) < 4.78 is 5.43. The molecule has 0 radical (unpaired) electrons. The lowest BCUT2D eigenvalue weighted by Crippen LogP contribution is -2.49. The van der Waals surface area contributed by atoms with Gasteiger partial charge in [-0.15, -0.1) is 0 Å². The molecule has 1 fully saturated rings. The number of carbonyl (C=O) groups excluding carboxylic acids is 2. The number of amides is 2. The predicted molar refractivity (Wildman–Crippen MR) is 101 cm³/mol. The molecule has 0 aromatic heterocycles. The van der Waals surface area contributed by atoms with Gasteiger partial charge in [0.25, 0.3) is 11.6 Å². The Labute approximate surface area is 161 Å². The third kappa shape index (κ3) is 3.06. The van der Waals surface area contributed by atoms with E-state index in [1.165, 1.54) is 18.2 Å². The first-order chi connectivity index (χ1) is 13.5. The molecule has 8 heteroatoms. The summed E-state index contributed by atoms with van der Waals surface area (Å²) >= 11 is 0. The summed E-state index contributed by atoms with van der Waals surface area (Å²) in [5.41, 5.74) is 1.19. The number of non-ortho nitro benzene ring substituents is 1. The lowest BCUT2D eigenvalue weighted by molar-refractivity contribution is -0.384. The Bertz CT molecular complexity index is 950. The number of nitro groups is 1. The van der Waals surface area contributed by atoms with Gasteiger partial charge in [-0.25, -0.2) is 0 Å². The Balaban J connectivity index is 1.38. The average Bonchev–Trinajstić information content (AvgIpc) is 2.98. The van der Waals surface area contributed by atoms with Crippen molar-refractivity contribution in [3.05, 3.63) is 64.2 Å². The third-order valence-electron chi connectivity index (χ3n) is 5.49. The van der Waals surface area contributed by atoms with Gasteiger partial charge < -0.3 is 15.0 Å². The standard InChI is InChI=1S/C20H19N3O5/c24-18(13-28-15-5-3-4-14(12-15)23(26)27)22-10-8-20(9-11-22)16-6-1-2-7-17(16)21-19(20)25/h1-7,12H,8-11,13H2,(H,21,25). The lowest BCUT2D eigenvalue weighted by atomic mass is 9.73. The van der Waals surface area contributed by atoms with Gasteiger partial charge in [-0.2, -0.15) is 0 Å². The number of likely N-dealkylation sites (tertiary alicyclic amines) is 1. The summed E-state index contributed by atoms with van der Waals surface area (Å²) in [5, 5.41) is 13.8. The number of hydrogen-bond donors (Lipinski definition) is 1. The van der Waals surface area contributed by atoms with Crippen molar-refractivity contribution in [3.8, 4) is 5.75 Å². The maximum absolute atomic E-state index is 12.6. The number of nitrogens with zero attached hydrogens (tertiary/aromatic N) is 2. The summed E-state index contributed by atoms with van der Waals surface area (Å²) in [6.07, 6.45) is 1.11. The fourth-order valence-electron chi connectivity index (χ4n) is 3.93. The molecule has 1 N–H and O–H groups in total. The van der Waals surface area contributed by atoms with Crippen LogP contribution in [0, 0.1) is 10.1 Å². The highest BCUT2D eigenvalue weighted by Crippen LogP contribution is 2.44. The maximum atomic E-state index is 12.6. The SMILES string of the molecule is O=C(COc1cccc([N+](=O)[O-])c1)N1CCC2(CC1)C(=O)Nc1ccccc12. The lowest BCUT2D eigenvalue weighted by Gasteiger charge is -2.37. The number of nitro benzene ring substituents is 1. The molecule has 2 aromatic rings. The summed E-state index contributed by atoms with van der Waals surface area (Å²) in [6.45, 7) is 0.717. The molecule has 0 bridgehead atoms. The number of ether oxygens (including phenoxy) is 1. The Morgan fingerprint density at radius 3 is 2.68 bits per heavy atom. The minimum atomic E-state index is -0.575. The van der Waals surface area contributed by atoms with Crippen LogP contribution in [-0.2, 0) is 15.0 Å². The minimum Gasteiger partial charge on any atom is -0.484 e. The summed E-state index contributed by atoms with van der Waals surface area (Å²) in [4.78, 5) is 37.1. The van der Waals surface area contributed by atoms with Gasteiger partial charge in [0.2, 0.25) is 5.91 Å². The van der Waals surface area contributed by atoms with Crippen LogP contribution in [0.2, 0.25) is 0 Å². The number of nitrogens with one attached hydrogen (secondary N) is 1. The first-order valence-corrected chi connectivity index (χ1v) is 9.06. The number of para-hydroxylation sites is 1. The first kappa shape index (κ1) is 18.0. The van der Waals surface area contributed by atoms with Crippen LogP contribution in [0.1, 0.15) is 18.4 Å². The molecule has 8 nitrogen and oxygen atoms in total. The van der Waals surface area contributed by atoms with Gasteiger partial charge in [0.15, 0.2) is 6.61 Å². The molecule has 0 atom stereocenters. The zero-order chi connectivity index (χ0) is 19.7. The first-order valence-electron chi connectivity index (χ1n) is 9.06. The van der Waals surface area contributed by atoms with E-state index in [9.17, 15) is 19.7 Å². The topological polar surface area (TPSA) is 102 Å². The Morgan fingerprint density at radius 2 is 1.93 bits per heavy atom. The van der Waals surface area contributed by atoms with Crippen molar-refractivity contribution in [2.24, 2.45) is 0 Å². The third-order valence-corrected chi connectivity index (χ3v) is 5.49. The van der Waals surface area contributed by atoms with Crippen LogP contribution in [0.4, 0.5) is 11.4 Å². The smallest absolute Gasteiger partial charge is 0.273 e. The molecule has 1 saturated heterocycles. The molecule has 0 unspecified atom stereocenters. The molecule has 144 valence electrons.